The Morgan fingerprint density at radius 1 is 1.10 bits per heavy atom. The fourth-order valence-corrected chi connectivity index (χ4v) is 3.69. The average molecular weight is 404 g/mol. The summed E-state index contributed by atoms with van der Waals surface area (Å²) in [6, 6.07) is 9.11. The number of hydrogen-bond donors (Lipinski definition) is 2. The van der Waals surface area contributed by atoms with Crippen molar-refractivity contribution in [2.45, 2.75) is 12.2 Å². The quantitative estimate of drug-likeness (QED) is 0.546. The Morgan fingerprint density at radius 3 is 2.38 bits per heavy atom. The van der Waals surface area contributed by atoms with Gasteiger partial charge in [-0.05, 0) is 24.3 Å². The molecule has 1 aromatic carbocycles. The lowest BCUT2D eigenvalue weighted by Gasteiger charge is -2.45. The van der Waals surface area contributed by atoms with Gasteiger partial charge in [0.1, 0.15) is 12.4 Å². The van der Waals surface area contributed by atoms with E-state index in [-0.39, 0.29) is 12.2 Å². The molecule has 2 fully saturated rings. The molecule has 2 heterocycles. The van der Waals surface area contributed by atoms with Crippen molar-refractivity contribution < 1.29 is 24.1 Å². The Bertz CT molecular complexity index is 679. The SMILES string of the molecule is N#Cc1ccc(OCCOCCN2CC3CN(CCNC(=O)O)CC(C2)O3)cc1. The van der Waals surface area contributed by atoms with Crippen LogP contribution in [0.4, 0.5) is 4.79 Å². The lowest BCUT2D eigenvalue weighted by atomic mass is 10.1. The molecule has 2 aliphatic rings. The summed E-state index contributed by atoms with van der Waals surface area (Å²) in [5, 5.41) is 19.9. The predicted molar refractivity (Wildman–Crippen MR) is 105 cm³/mol. The monoisotopic (exact) mass is 404 g/mol. The third kappa shape index (κ3) is 7.18. The smallest absolute Gasteiger partial charge is 0.404 e. The van der Waals surface area contributed by atoms with Crippen molar-refractivity contribution in [1.29, 1.82) is 5.26 Å². The summed E-state index contributed by atoms with van der Waals surface area (Å²) in [5.74, 6) is 0.733. The Morgan fingerprint density at radius 2 is 1.76 bits per heavy atom. The zero-order valence-electron chi connectivity index (χ0n) is 16.5. The highest BCUT2D eigenvalue weighted by molar-refractivity contribution is 5.64. The van der Waals surface area contributed by atoms with Crippen LogP contribution in [-0.4, -0.2) is 98.8 Å². The van der Waals surface area contributed by atoms with Crippen LogP contribution in [0.3, 0.4) is 0 Å². The fourth-order valence-electron chi connectivity index (χ4n) is 3.69. The normalized spacial score (nSPS) is 22.0. The topological polar surface area (TPSA) is 107 Å². The number of nitrogens with one attached hydrogen (secondary N) is 1. The molecule has 0 aliphatic carbocycles. The molecule has 1 aromatic rings. The van der Waals surface area contributed by atoms with Gasteiger partial charge in [-0.3, -0.25) is 9.80 Å². The van der Waals surface area contributed by atoms with Gasteiger partial charge in [0.2, 0.25) is 0 Å². The molecular formula is C20H28N4O5. The summed E-state index contributed by atoms with van der Waals surface area (Å²) in [6.07, 6.45) is -0.661. The van der Waals surface area contributed by atoms with Crippen molar-refractivity contribution in [3.63, 3.8) is 0 Å². The minimum Gasteiger partial charge on any atom is -0.491 e. The van der Waals surface area contributed by atoms with Gasteiger partial charge in [-0.1, -0.05) is 0 Å². The number of ether oxygens (including phenoxy) is 3. The van der Waals surface area contributed by atoms with Gasteiger partial charge in [-0.15, -0.1) is 0 Å². The van der Waals surface area contributed by atoms with E-state index < -0.39 is 6.09 Å². The van der Waals surface area contributed by atoms with E-state index in [2.05, 4.69) is 21.2 Å². The first-order chi connectivity index (χ1) is 14.1. The van der Waals surface area contributed by atoms with Crippen LogP contribution in [-0.2, 0) is 9.47 Å². The van der Waals surface area contributed by atoms with Crippen molar-refractivity contribution in [1.82, 2.24) is 15.1 Å². The van der Waals surface area contributed by atoms with Crippen LogP contribution in [0.25, 0.3) is 0 Å². The lowest BCUT2D eigenvalue weighted by Crippen LogP contribution is -2.60. The van der Waals surface area contributed by atoms with E-state index in [0.29, 0.717) is 38.5 Å². The minimum absolute atomic E-state index is 0.159. The van der Waals surface area contributed by atoms with Crippen molar-refractivity contribution in [2.75, 3.05) is 65.6 Å². The summed E-state index contributed by atoms with van der Waals surface area (Å²) in [5.41, 5.74) is 0.615. The predicted octanol–water partition coefficient (Wildman–Crippen LogP) is 0.606. The third-order valence-corrected chi connectivity index (χ3v) is 4.97. The maximum Gasteiger partial charge on any atom is 0.404 e. The van der Waals surface area contributed by atoms with Crippen LogP contribution in [0, 0.1) is 11.3 Å². The summed E-state index contributed by atoms with van der Waals surface area (Å²) < 4.78 is 17.3. The van der Waals surface area contributed by atoms with E-state index in [1.165, 1.54) is 0 Å². The van der Waals surface area contributed by atoms with Gasteiger partial charge >= 0.3 is 6.09 Å². The van der Waals surface area contributed by atoms with Crippen molar-refractivity contribution >= 4 is 6.09 Å². The van der Waals surface area contributed by atoms with Crippen LogP contribution in [0.1, 0.15) is 5.56 Å². The Kier molecular flexibility index (Phi) is 8.07. The maximum absolute atomic E-state index is 10.6. The number of carbonyl (C=O) groups is 1. The maximum atomic E-state index is 10.6. The van der Waals surface area contributed by atoms with Crippen LogP contribution >= 0.6 is 0 Å². The largest absolute Gasteiger partial charge is 0.491 e. The molecule has 0 radical (unpaired) electrons. The molecule has 9 heteroatoms. The Balaban J connectivity index is 1.26. The van der Waals surface area contributed by atoms with Crippen molar-refractivity contribution in [3.05, 3.63) is 29.8 Å². The number of amides is 1. The molecule has 2 bridgehead atoms. The average Bonchev–Trinajstić information content (AvgIpc) is 2.70. The number of rotatable bonds is 10. The number of benzene rings is 1. The van der Waals surface area contributed by atoms with Crippen LogP contribution in [0.5, 0.6) is 5.75 Å². The number of nitriles is 1. The first-order valence-corrected chi connectivity index (χ1v) is 9.90. The van der Waals surface area contributed by atoms with E-state index in [1.54, 1.807) is 24.3 Å². The van der Waals surface area contributed by atoms with Gasteiger partial charge in [0.05, 0.1) is 37.1 Å². The van der Waals surface area contributed by atoms with Gasteiger partial charge < -0.3 is 24.6 Å². The molecule has 9 nitrogen and oxygen atoms in total. The number of morpholine rings is 2. The van der Waals surface area contributed by atoms with Gasteiger partial charge in [0.25, 0.3) is 0 Å². The molecular weight excluding hydrogens is 376 g/mol. The first kappa shape index (κ1) is 21.3. The summed E-state index contributed by atoms with van der Waals surface area (Å²) in [6.45, 7) is 7.02. The lowest BCUT2D eigenvalue weighted by molar-refractivity contribution is -0.140. The molecule has 0 spiro atoms. The molecule has 2 aliphatic heterocycles. The zero-order valence-corrected chi connectivity index (χ0v) is 16.5. The third-order valence-electron chi connectivity index (χ3n) is 4.97. The fraction of sp³-hybridized carbons (Fsp3) is 0.600. The highest BCUT2D eigenvalue weighted by atomic mass is 16.5. The number of carboxylic acid groups (broad SMARTS) is 1. The standard InChI is InChI=1S/C20H28N4O5/c21-11-16-1-3-17(4-2-16)28-10-9-27-8-7-24-14-18-12-23(6-5-22-20(25)26)13-19(15-24)29-18/h1-4,18-19,22H,5-10,12-15H2,(H,25,26). The first-order valence-electron chi connectivity index (χ1n) is 9.90. The molecule has 2 unspecified atom stereocenters. The van der Waals surface area contributed by atoms with Crippen molar-refractivity contribution in [3.8, 4) is 11.8 Å². The molecule has 2 atom stereocenters. The molecule has 0 saturated carbocycles. The van der Waals surface area contributed by atoms with E-state index in [9.17, 15) is 4.79 Å². The second-order valence-electron chi connectivity index (χ2n) is 7.23. The molecule has 3 rings (SSSR count). The molecule has 29 heavy (non-hydrogen) atoms. The molecule has 1 amide bonds. The van der Waals surface area contributed by atoms with Crippen LogP contribution in [0.15, 0.2) is 24.3 Å². The second-order valence-corrected chi connectivity index (χ2v) is 7.23. The number of hydrogen-bond acceptors (Lipinski definition) is 7. The van der Waals surface area contributed by atoms with Gasteiger partial charge in [-0.2, -0.15) is 5.26 Å². The highest BCUT2D eigenvalue weighted by Gasteiger charge is 2.34. The van der Waals surface area contributed by atoms with Gasteiger partial charge in [0.15, 0.2) is 0 Å². The van der Waals surface area contributed by atoms with Gasteiger partial charge in [0, 0.05) is 45.8 Å². The number of nitrogens with zero attached hydrogens (tertiary/aromatic N) is 3. The second kappa shape index (κ2) is 11.0. The highest BCUT2D eigenvalue weighted by Crippen LogP contribution is 2.18. The number of fused-ring (bicyclic) bond motifs is 2. The van der Waals surface area contributed by atoms with Crippen LogP contribution in [0.2, 0.25) is 0 Å². The summed E-state index contributed by atoms with van der Waals surface area (Å²) in [4.78, 5) is 15.2. The van der Waals surface area contributed by atoms with Crippen molar-refractivity contribution in [2.24, 2.45) is 0 Å². The van der Waals surface area contributed by atoms with E-state index in [1.807, 2.05) is 0 Å². The Hall–Kier alpha value is -2.38. The molecule has 2 N–H and O–H groups in total. The van der Waals surface area contributed by atoms with E-state index in [0.717, 1.165) is 38.5 Å². The minimum atomic E-state index is -0.980. The molecule has 158 valence electrons. The Labute approximate surface area is 170 Å². The van der Waals surface area contributed by atoms with E-state index >= 15 is 0 Å². The molecule has 0 aromatic heterocycles. The zero-order chi connectivity index (χ0) is 20.5. The summed E-state index contributed by atoms with van der Waals surface area (Å²) >= 11 is 0. The summed E-state index contributed by atoms with van der Waals surface area (Å²) in [7, 11) is 0. The van der Waals surface area contributed by atoms with Crippen LogP contribution < -0.4 is 10.1 Å². The van der Waals surface area contributed by atoms with E-state index in [4.69, 9.17) is 24.6 Å². The van der Waals surface area contributed by atoms with Gasteiger partial charge in [-0.25, -0.2) is 4.79 Å². The molecule has 2 saturated heterocycles.